The van der Waals surface area contributed by atoms with Gasteiger partial charge in [-0.3, -0.25) is 0 Å². The van der Waals surface area contributed by atoms with Gasteiger partial charge in [-0.25, -0.2) is 4.79 Å². The Hall–Kier alpha value is -2.68. The number of nitrogens with zero attached hydrogens (tertiary/aromatic N) is 1. The summed E-state index contributed by atoms with van der Waals surface area (Å²) >= 11 is 0. The fourth-order valence-corrected chi connectivity index (χ4v) is 1.25. The van der Waals surface area contributed by atoms with Gasteiger partial charge in [-0.2, -0.15) is 0 Å². The van der Waals surface area contributed by atoms with Gasteiger partial charge in [-0.1, -0.05) is 0 Å². The molecule has 0 saturated carbocycles. The van der Waals surface area contributed by atoms with Crippen LogP contribution in [0.2, 0.25) is 0 Å². The molecule has 1 aromatic rings. The number of rotatable bonds is 4. The molecule has 0 aliphatic carbocycles. The molecule has 0 amide bonds. The van der Waals surface area contributed by atoms with E-state index in [2.05, 4.69) is 4.74 Å². The molecule has 0 bridgehead atoms. The minimum Gasteiger partial charge on any atom is -0.502 e. The summed E-state index contributed by atoms with van der Waals surface area (Å²) in [6.07, 6.45) is 3.75. The Bertz CT molecular complexity index is 491. The van der Waals surface area contributed by atoms with E-state index in [1.807, 2.05) is 0 Å². The molecular formula is C12H11NO5. The van der Waals surface area contributed by atoms with Gasteiger partial charge in [0.05, 0.1) is 14.2 Å². The van der Waals surface area contributed by atoms with Crippen LogP contribution in [-0.2, 0) is 9.53 Å². The summed E-state index contributed by atoms with van der Waals surface area (Å²) in [7, 11) is 2.79. The fourth-order valence-electron chi connectivity index (χ4n) is 1.25. The first-order valence-electron chi connectivity index (χ1n) is 4.85. The van der Waals surface area contributed by atoms with E-state index >= 15 is 0 Å². The Labute approximate surface area is 104 Å². The average Bonchev–Trinajstić information content (AvgIpc) is 2.37. The topological polar surface area (TPSA) is 88.8 Å². The third-order valence-electron chi connectivity index (χ3n) is 2.06. The molecule has 0 spiro atoms. The van der Waals surface area contributed by atoms with Gasteiger partial charge in [-0.15, -0.1) is 5.26 Å². The zero-order valence-electron chi connectivity index (χ0n) is 9.84. The molecule has 18 heavy (non-hydrogen) atoms. The minimum atomic E-state index is -0.788. The van der Waals surface area contributed by atoms with Crippen molar-refractivity contribution in [2.24, 2.45) is 0 Å². The highest BCUT2D eigenvalue weighted by atomic mass is 16.5. The van der Waals surface area contributed by atoms with Crippen LogP contribution in [0.25, 0.3) is 6.08 Å². The van der Waals surface area contributed by atoms with Crippen LogP contribution in [0.15, 0.2) is 18.2 Å². The number of hydrogen-bond donors (Lipinski definition) is 1. The first kappa shape index (κ1) is 13.4. The minimum absolute atomic E-state index is 0.128. The molecule has 6 heteroatoms. The predicted molar refractivity (Wildman–Crippen MR) is 61.9 cm³/mol. The van der Waals surface area contributed by atoms with Gasteiger partial charge >= 0.3 is 5.97 Å². The second kappa shape index (κ2) is 6.15. The number of carbonyl (C=O) groups excluding carboxylic acids is 1. The van der Waals surface area contributed by atoms with E-state index in [4.69, 9.17) is 14.7 Å². The van der Waals surface area contributed by atoms with Gasteiger partial charge in [0.15, 0.2) is 11.5 Å². The van der Waals surface area contributed by atoms with Crippen molar-refractivity contribution in [3.63, 3.8) is 0 Å². The van der Waals surface area contributed by atoms with E-state index in [0.717, 1.165) is 6.08 Å². The third-order valence-corrected chi connectivity index (χ3v) is 2.06. The molecule has 1 N–H and O–H groups in total. The maximum atomic E-state index is 10.9. The van der Waals surface area contributed by atoms with Crippen molar-refractivity contribution in [2.45, 2.75) is 0 Å². The van der Waals surface area contributed by atoms with Crippen molar-refractivity contribution in [1.29, 1.82) is 5.26 Å². The Morgan fingerprint density at radius 3 is 2.33 bits per heavy atom. The van der Waals surface area contributed by atoms with E-state index in [9.17, 15) is 9.90 Å². The van der Waals surface area contributed by atoms with E-state index < -0.39 is 5.97 Å². The Balaban J connectivity index is 3.04. The molecule has 0 aliphatic heterocycles. The van der Waals surface area contributed by atoms with Gasteiger partial charge < -0.3 is 19.3 Å². The number of hydrogen-bond acceptors (Lipinski definition) is 6. The van der Waals surface area contributed by atoms with E-state index in [1.165, 1.54) is 38.7 Å². The van der Waals surface area contributed by atoms with Crippen molar-refractivity contribution in [3.05, 3.63) is 23.8 Å². The van der Waals surface area contributed by atoms with Crippen LogP contribution in [0, 0.1) is 11.5 Å². The molecule has 0 saturated heterocycles. The number of phenols is 1. The number of aromatic hydroxyl groups is 1. The molecule has 0 fully saturated rings. The van der Waals surface area contributed by atoms with Crippen LogP contribution in [0.3, 0.4) is 0 Å². The lowest BCUT2D eigenvalue weighted by Gasteiger charge is -2.09. The van der Waals surface area contributed by atoms with Gasteiger partial charge in [0.2, 0.25) is 5.75 Å². The first-order chi connectivity index (χ1) is 8.62. The summed E-state index contributed by atoms with van der Waals surface area (Å²) in [5.74, 6) is -0.495. The molecule has 1 rings (SSSR count). The molecule has 1 aromatic carbocycles. The van der Waals surface area contributed by atoms with Crippen molar-refractivity contribution in [3.8, 4) is 23.5 Å². The molecule has 0 heterocycles. The molecule has 6 nitrogen and oxygen atoms in total. The maximum Gasteiger partial charge on any atom is 0.346 e. The number of ether oxygens (including phenoxy) is 3. The Kier molecular flexibility index (Phi) is 4.58. The first-order valence-corrected chi connectivity index (χ1v) is 4.85. The van der Waals surface area contributed by atoms with Crippen LogP contribution < -0.4 is 9.47 Å². The van der Waals surface area contributed by atoms with E-state index in [0.29, 0.717) is 5.56 Å². The molecular weight excluding hydrogens is 238 g/mol. The Morgan fingerprint density at radius 1 is 1.33 bits per heavy atom. The normalized spacial score (nSPS) is 9.83. The summed E-state index contributed by atoms with van der Waals surface area (Å²) in [5, 5.41) is 17.8. The standard InChI is InChI=1S/C12H11NO5/c1-16-9-5-8(3-4-11(14)18-7-13)6-10(17-2)12(9)15/h3-6,15H,1-2H3. The lowest BCUT2D eigenvalue weighted by atomic mass is 10.1. The second-order valence-corrected chi connectivity index (χ2v) is 3.12. The summed E-state index contributed by atoms with van der Waals surface area (Å²) < 4.78 is 14.0. The SMILES string of the molecule is COc1cc(C=CC(=O)OC#N)cc(OC)c1O. The van der Waals surface area contributed by atoms with Crippen molar-refractivity contribution in [1.82, 2.24) is 0 Å². The molecule has 94 valence electrons. The number of esters is 1. The smallest absolute Gasteiger partial charge is 0.346 e. The fraction of sp³-hybridized carbons (Fsp3) is 0.167. The zero-order valence-corrected chi connectivity index (χ0v) is 9.84. The highest BCUT2D eigenvalue weighted by Crippen LogP contribution is 2.37. The van der Waals surface area contributed by atoms with Crippen LogP contribution in [0.4, 0.5) is 0 Å². The zero-order chi connectivity index (χ0) is 13.5. The highest BCUT2D eigenvalue weighted by Gasteiger charge is 2.10. The number of nitriles is 1. The maximum absolute atomic E-state index is 10.9. The number of benzene rings is 1. The molecule has 0 aliphatic rings. The number of phenolic OH excluding ortho intramolecular Hbond substituents is 1. The summed E-state index contributed by atoms with van der Waals surface area (Å²) in [6.45, 7) is 0. The van der Waals surface area contributed by atoms with Gasteiger partial charge in [0, 0.05) is 6.08 Å². The largest absolute Gasteiger partial charge is 0.502 e. The van der Waals surface area contributed by atoms with Crippen molar-refractivity contribution >= 4 is 12.0 Å². The quantitative estimate of drug-likeness (QED) is 0.493. The van der Waals surface area contributed by atoms with Crippen LogP contribution in [0.1, 0.15) is 5.56 Å². The highest BCUT2D eigenvalue weighted by molar-refractivity contribution is 5.87. The van der Waals surface area contributed by atoms with Crippen LogP contribution in [0.5, 0.6) is 17.2 Å². The lowest BCUT2D eigenvalue weighted by Crippen LogP contribution is -1.94. The van der Waals surface area contributed by atoms with Gasteiger partial charge in [0.1, 0.15) is 0 Å². The molecule has 0 radical (unpaired) electrons. The monoisotopic (exact) mass is 249 g/mol. The van der Waals surface area contributed by atoms with E-state index in [-0.39, 0.29) is 17.2 Å². The lowest BCUT2D eigenvalue weighted by molar-refractivity contribution is -0.131. The summed E-state index contributed by atoms with van der Waals surface area (Å²) in [6, 6.07) is 3.02. The Morgan fingerprint density at radius 2 is 1.89 bits per heavy atom. The molecule has 0 atom stereocenters. The number of carbonyl (C=O) groups is 1. The summed E-state index contributed by atoms with van der Waals surface area (Å²) in [4.78, 5) is 10.9. The number of methoxy groups -OCH3 is 2. The molecule has 0 aromatic heterocycles. The van der Waals surface area contributed by atoms with Crippen molar-refractivity contribution < 1.29 is 24.1 Å². The summed E-state index contributed by atoms with van der Waals surface area (Å²) in [5.41, 5.74) is 0.552. The van der Waals surface area contributed by atoms with Crippen molar-refractivity contribution in [2.75, 3.05) is 14.2 Å². The van der Waals surface area contributed by atoms with E-state index in [1.54, 1.807) is 0 Å². The van der Waals surface area contributed by atoms with Crippen LogP contribution >= 0.6 is 0 Å². The third kappa shape index (κ3) is 3.15. The van der Waals surface area contributed by atoms with Crippen LogP contribution in [-0.4, -0.2) is 25.3 Å². The van der Waals surface area contributed by atoms with Gasteiger partial charge in [-0.05, 0) is 23.8 Å². The van der Waals surface area contributed by atoms with Gasteiger partial charge in [0.25, 0.3) is 6.26 Å². The average molecular weight is 249 g/mol. The molecule has 0 unspecified atom stereocenters. The second-order valence-electron chi connectivity index (χ2n) is 3.12. The predicted octanol–water partition coefficient (Wildman–Crippen LogP) is 1.45.